The first-order chi connectivity index (χ1) is 16.1. The highest BCUT2D eigenvalue weighted by Gasteiger charge is 2.06. The van der Waals surface area contributed by atoms with E-state index in [9.17, 15) is 9.50 Å². The third-order valence-electron chi connectivity index (χ3n) is 5.69. The maximum atomic E-state index is 13.6. The molecule has 4 heteroatoms. The fraction of sp³-hybridized carbons (Fsp3) is 0.345. The molecule has 1 aromatic heterocycles. The number of aromatic hydroxyl groups is 1. The van der Waals surface area contributed by atoms with Crippen LogP contribution >= 0.6 is 0 Å². The molecule has 1 atom stereocenters. The van der Waals surface area contributed by atoms with Gasteiger partial charge in [0.2, 0.25) is 0 Å². The number of ether oxygens (including phenoxy) is 1. The van der Waals surface area contributed by atoms with Crippen LogP contribution < -0.4 is 0 Å². The van der Waals surface area contributed by atoms with Gasteiger partial charge in [-0.05, 0) is 68.0 Å². The Morgan fingerprint density at radius 3 is 2.42 bits per heavy atom. The van der Waals surface area contributed by atoms with Crippen molar-refractivity contribution in [3.63, 3.8) is 0 Å². The summed E-state index contributed by atoms with van der Waals surface area (Å²) in [6.45, 7) is 5.26. The molecule has 33 heavy (non-hydrogen) atoms. The molecule has 0 amide bonds. The van der Waals surface area contributed by atoms with Gasteiger partial charge in [0, 0.05) is 23.9 Å². The minimum absolute atomic E-state index is 0.336. The summed E-state index contributed by atoms with van der Waals surface area (Å²) < 4.78 is 19.4. The molecule has 2 aromatic carbocycles. The summed E-state index contributed by atoms with van der Waals surface area (Å²) in [4.78, 5) is 4.46. The normalized spacial score (nSPS) is 12.3. The average molecular weight is 448 g/mol. The van der Waals surface area contributed by atoms with Crippen molar-refractivity contribution < 1.29 is 14.2 Å². The zero-order chi connectivity index (χ0) is 23.5. The second-order valence-electron chi connectivity index (χ2n) is 8.44. The van der Waals surface area contributed by atoms with E-state index in [2.05, 4.69) is 55.2 Å². The number of nitrogens with zero attached hydrogens (tertiary/aromatic N) is 1. The van der Waals surface area contributed by atoms with Gasteiger partial charge in [0.1, 0.15) is 0 Å². The standard InChI is InChI=1S/C29H34FNO2/c1-3-4-8-19-33-22(2)9-6-5-7-10-23-11-13-24(14-12-23)26-15-17-28(31-21-26)25-16-18-29(32)27(30)20-25/h7,10-18,20-22,32H,3-6,8-9,19H2,1-2H3. The average Bonchev–Trinajstić information content (AvgIpc) is 2.84. The number of unbranched alkanes of at least 4 members (excludes halogenated alkanes) is 3. The molecule has 0 saturated carbocycles. The Labute approximate surface area is 197 Å². The van der Waals surface area contributed by atoms with E-state index >= 15 is 0 Å². The number of halogens is 1. The van der Waals surface area contributed by atoms with Crippen LogP contribution in [0.2, 0.25) is 0 Å². The van der Waals surface area contributed by atoms with Crippen LogP contribution in [-0.2, 0) is 4.74 Å². The van der Waals surface area contributed by atoms with Gasteiger partial charge in [0.05, 0.1) is 11.8 Å². The van der Waals surface area contributed by atoms with Gasteiger partial charge in [-0.2, -0.15) is 0 Å². The monoisotopic (exact) mass is 447 g/mol. The highest BCUT2D eigenvalue weighted by molar-refractivity contribution is 5.68. The molecule has 0 fully saturated rings. The summed E-state index contributed by atoms with van der Waals surface area (Å²) in [6.07, 6.45) is 13.4. The molecule has 0 aliphatic rings. The Kier molecular flexibility index (Phi) is 9.64. The van der Waals surface area contributed by atoms with Crippen molar-refractivity contribution in [1.82, 2.24) is 4.98 Å². The second-order valence-corrected chi connectivity index (χ2v) is 8.44. The molecule has 1 heterocycles. The molecule has 0 radical (unpaired) electrons. The first-order valence-electron chi connectivity index (χ1n) is 11.9. The summed E-state index contributed by atoms with van der Waals surface area (Å²) in [5.41, 5.74) is 4.55. The van der Waals surface area contributed by atoms with Gasteiger partial charge in [-0.3, -0.25) is 4.98 Å². The first-order valence-corrected chi connectivity index (χ1v) is 11.9. The highest BCUT2D eigenvalue weighted by Crippen LogP contribution is 2.26. The van der Waals surface area contributed by atoms with E-state index in [0.29, 0.717) is 17.4 Å². The maximum absolute atomic E-state index is 13.6. The number of phenolic OH excluding ortho intramolecular Hbond substituents is 1. The topological polar surface area (TPSA) is 42.4 Å². The van der Waals surface area contributed by atoms with Crippen molar-refractivity contribution in [3.05, 3.63) is 78.3 Å². The molecule has 3 nitrogen and oxygen atoms in total. The maximum Gasteiger partial charge on any atom is 0.165 e. The number of benzene rings is 2. The second kappa shape index (κ2) is 12.9. The van der Waals surface area contributed by atoms with Crippen LogP contribution in [0.5, 0.6) is 5.75 Å². The lowest BCUT2D eigenvalue weighted by Crippen LogP contribution is -2.08. The van der Waals surface area contributed by atoms with E-state index in [1.54, 1.807) is 12.3 Å². The highest BCUT2D eigenvalue weighted by atomic mass is 19.1. The molecule has 0 bridgehead atoms. The van der Waals surface area contributed by atoms with Crippen molar-refractivity contribution in [2.75, 3.05) is 6.61 Å². The fourth-order valence-corrected chi connectivity index (χ4v) is 3.65. The predicted octanol–water partition coefficient (Wildman–Crippen LogP) is 8.04. The van der Waals surface area contributed by atoms with E-state index < -0.39 is 5.82 Å². The van der Waals surface area contributed by atoms with Gasteiger partial charge in [-0.25, -0.2) is 4.39 Å². The molecule has 3 aromatic rings. The van der Waals surface area contributed by atoms with E-state index in [1.165, 1.54) is 30.5 Å². The Morgan fingerprint density at radius 1 is 0.970 bits per heavy atom. The molecule has 3 rings (SSSR count). The van der Waals surface area contributed by atoms with Gasteiger partial charge in [-0.15, -0.1) is 0 Å². The number of pyridine rings is 1. The number of aromatic nitrogens is 1. The summed E-state index contributed by atoms with van der Waals surface area (Å²) >= 11 is 0. The van der Waals surface area contributed by atoms with Crippen molar-refractivity contribution in [2.24, 2.45) is 0 Å². The van der Waals surface area contributed by atoms with Crippen LogP contribution in [0, 0.1) is 5.82 Å². The molecule has 0 aliphatic carbocycles. The van der Waals surface area contributed by atoms with Crippen molar-refractivity contribution in [3.8, 4) is 28.1 Å². The minimum Gasteiger partial charge on any atom is -0.505 e. The number of hydrogen-bond acceptors (Lipinski definition) is 3. The predicted molar refractivity (Wildman–Crippen MR) is 135 cm³/mol. The van der Waals surface area contributed by atoms with Crippen LogP contribution in [0.1, 0.15) is 57.9 Å². The molecule has 0 saturated heterocycles. The number of rotatable bonds is 12. The van der Waals surface area contributed by atoms with Gasteiger partial charge < -0.3 is 9.84 Å². The third-order valence-corrected chi connectivity index (χ3v) is 5.69. The molecule has 1 N–H and O–H groups in total. The number of phenols is 1. The van der Waals surface area contributed by atoms with E-state index in [-0.39, 0.29) is 5.75 Å². The lowest BCUT2D eigenvalue weighted by Gasteiger charge is -2.12. The van der Waals surface area contributed by atoms with Crippen LogP contribution in [0.25, 0.3) is 28.5 Å². The Balaban J connectivity index is 1.47. The van der Waals surface area contributed by atoms with Crippen LogP contribution in [0.15, 0.2) is 66.9 Å². The Morgan fingerprint density at radius 2 is 1.73 bits per heavy atom. The Hall–Kier alpha value is -2.98. The summed E-state index contributed by atoms with van der Waals surface area (Å²) in [5, 5.41) is 9.35. The van der Waals surface area contributed by atoms with Gasteiger partial charge in [-0.1, -0.05) is 62.2 Å². The van der Waals surface area contributed by atoms with Crippen molar-refractivity contribution >= 4 is 6.08 Å². The largest absolute Gasteiger partial charge is 0.505 e. The molecular weight excluding hydrogens is 413 g/mol. The number of hydrogen-bond donors (Lipinski definition) is 1. The number of allylic oxidation sites excluding steroid dienone is 1. The minimum atomic E-state index is -0.646. The zero-order valence-electron chi connectivity index (χ0n) is 19.6. The fourth-order valence-electron chi connectivity index (χ4n) is 3.65. The summed E-state index contributed by atoms with van der Waals surface area (Å²) in [5.74, 6) is -1.00. The van der Waals surface area contributed by atoms with E-state index in [0.717, 1.165) is 43.4 Å². The summed E-state index contributed by atoms with van der Waals surface area (Å²) in [7, 11) is 0. The van der Waals surface area contributed by atoms with Gasteiger partial charge in [0.15, 0.2) is 11.6 Å². The molecule has 174 valence electrons. The van der Waals surface area contributed by atoms with Gasteiger partial charge >= 0.3 is 0 Å². The van der Waals surface area contributed by atoms with Crippen molar-refractivity contribution in [2.45, 2.75) is 58.5 Å². The summed E-state index contributed by atoms with van der Waals surface area (Å²) in [6, 6.07) is 16.5. The van der Waals surface area contributed by atoms with Crippen molar-refractivity contribution in [1.29, 1.82) is 0 Å². The SMILES string of the molecule is CCCCCOC(C)CCCC=Cc1ccc(-c2ccc(-c3ccc(O)c(F)c3)nc2)cc1. The van der Waals surface area contributed by atoms with E-state index in [1.807, 2.05) is 12.1 Å². The van der Waals surface area contributed by atoms with Crippen LogP contribution in [0.4, 0.5) is 4.39 Å². The molecule has 1 unspecified atom stereocenters. The third kappa shape index (κ3) is 7.83. The smallest absolute Gasteiger partial charge is 0.165 e. The molecule has 0 aliphatic heterocycles. The quantitative estimate of drug-likeness (QED) is 0.286. The lowest BCUT2D eigenvalue weighted by atomic mass is 10.0. The lowest BCUT2D eigenvalue weighted by molar-refractivity contribution is 0.0566. The Bertz CT molecular complexity index is 1010. The van der Waals surface area contributed by atoms with E-state index in [4.69, 9.17) is 4.74 Å². The van der Waals surface area contributed by atoms with Crippen LogP contribution in [0.3, 0.4) is 0 Å². The molecular formula is C29H34FNO2. The first kappa shape index (κ1) is 24.7. The zero-order valence-corrected chi connectivity index (χ0v) is 19.6. The van der Waals surface area contributed by atoms with Gasteiger partial charge in [0.25, 0.3) is 0 Å². The molecule has 0 spiro atoms. The van der Waals surface area contributed by atoms with Crippen LogP contribution in [-0.4, -0.2) is 22.8 Å².